The third-order valence-corrected chi connectivity index (χ3v) is 2.27. The third kappa shape index (κ3) is 2.63. The van der Waals surface area contributed by atoms with Crippen LogP contribution in [0.25, 0.3) is 0 Å². The average Bonchev–Trinajstić information content (AvgIpc) is 2.31. The lowest BCUT2D eigenvalue weighted by atomic mass is 10.2. The number of hydrogen-bond acceptors (Lipinski definition) is 2. The van der Waals surface area contributed by atoms with E-state index in [1.807, 2.05) is 0 Å². The zero-order valence-electron chi connectivity index (χ0n) is 9.28. The second-order valence-electron chi connectivity index (χ2n) is 3.62. The van der Waals surface area contributed by atoms with Gasteiger partial charge in [0, 0.05) is 11.6 Å². The standard InChI is InChI=1S/C13H10F2N2O/c14-9-2-1-3-10(7-9)18-12-5-4-8(13(16)17)6-11(12)15/h1-7H,(H3,16,17). The fraction of sp³-hybridized carbons (Fsp3) is 0. The van der Waals surface area contributed by atoms with Crippen LogP contribution in [0.5, 0.6) is 11.5 Å². The Kier molecular flexibility index (Phi) is 3.23. The van der Waals surface area contributed by atoms with Gasteiger partial charge < -0.3 is 10.5 Å². The maximum absolute atomic E-state index is 13.6. The van der Waals surface area contributed by atoms with E-state index in [-0.39, 0.29) is 22.9 Å². The van der Waals surface area contributed by atoms with Crippen molar-refractivity contribution in [3.63, 3.8) is 0 Å². The Hall–Kier alpha value is -2.43. The summed E-state index contributed by atoms with van der Waals surface area (Å²) in [4.78, 5) is 0. The van der Waals surface area contributed by atoms with Crippen LogP contribution in [0.4, 0.5) is 8.78 Å². The lowest BCUT2D eigenvalue weighted by Crippen LogP contribution is -2.11. The van der Waals surface area contributed by atoms with E-state index in [1.165, 1.54) is 30.3 Å². The van der Waals surface area contributed by atoms with Crippen LogP contribution in [0.3, 0.4) is 0 Å². The minimum absolute atomic E-state index is 0.0504. The Labute approximate surface area is 102 Å². The molecule has 0 aromatic heterocycles. The molecule has 3 nitrogen and oxygen atoms in total. The summed E-state index contributed by atoms with van der Waals surface area (Å²) in [6.45, 7) is 0. The van der Waals surface area contributed by atoms with Crippen LogP contribution >= 0.6 is 0 Å². The minimum atomic E-state index is -0.660. The van der Waals surface area contributed by atoms with Crippen molar-refractivity contribution in [2.24, 2.45) is 5.73 Å². The second-order valence-corrected chi connectivity index (χ2v) is 3.62. The molecule has 18 heavy (non-hydrogen) atoms. The van der Waals surface area contributed by atoms with Gasteiger partial charge in [-0.15, -0.1) is 0 Å². The molecule has 0 saturated carbocycles. The molecule has 0 fully saturated rings. The third-order valence-electron chi connectivity index (χ3n) is 2.27. The molecule has 0 radical (unpaired) electrons. The topological polar surface area (TPSA) is 59.1 Å². The SMILES string of the molecule is N=C(N)c1ccc(Oc2cccc(F)c2)c(F)c1. The Morgan fingerprint density at radius 3 is 2.50 bits per heavy atom. The zero-order valence-corrected chi connectivity index (χ0v) is 9.28. The molecule has 0 spiro atoms. The van der Waals surface area contributed by atoms with Crippen LogP contribution in [0.15, 0.2) is 42.5 Å². The predicted molar refractivity (Wildman–Crippen MR) is 63.9 cm³/mol. The van der Waals surface area contributed by atoms with Crippen molar-refractivity contribution in [3.8, 4) is 11.5 Å². The van der Waals surface area contributed by atoms with Crippen molar-refractivity contribution in [2.75, 3.05) is 0 Å². The van der Waals surface area contributed by atoms with Gasteiger partial charge in [0.15, 0.2) is 11.6 Å². The fourth-order valence-electron chi connectivity index (χ4n) is 1.41. The predicted octanol–water partition coefficient (Wildman–Crippen LogP) is 3.04. The molecule has 2 aromatic carbocycles. The van der Waals surface area contributed by atoms with Gasteiger partial charge in [0.05, 0.1) is 0 Å². The number of halogens is 2. The molecule has 0 aliphatic rings. The van der Waals surface area contributed by atoms with Crippen molar-refractivity contribution in [1.29, 1.82) is 5.41 Å². The molecule has 0 atom stereocenters. The van der Waals surface area contributed by atoms with Gasteiger partial charge in [0.25, 0.3) is 0 Å². The monoisotopic (exact) mass is 248 g/mol. The van der Waals surface area contributed by atoms with Crippen LogP contribution in [0.2, 0.25) is 0 Å². The first-order valence-electron chi connectivity index (χ1n) is 5.13. The van der Waals surface area contributed by atoms with Crippen molar-refractivity contribution in [3.05, 3.63) is 59.7 Å². The lowest BCUT2D eigenvalue weighted by Gasteiger charge is -2.07. The summed E-state index contributed by atoms with van der Waals surface area (Å²) in [5.74, 6) is -1.21. The quantitative estimate of drug-likeness (QED) is 0.647. The fourth-order valence-corrected chi connectivity index (χ4v) is 1.41. The molecule has 0 saturated heterocycles. The second kappa shape index (κ2) is 4.83. The van der Waals surface area contributed by atoms with Gasteiger partial charge in [-0.25, -0.2) is 8.78 Å². The van der Waals surface area contributed by atoms with Gasteiger partial charge >= 0.3 is 0 Å². The Balaban J connectivity index is 2.27. The van der Waals surface area contributed by atoms with E-state index in [9.17, 15) is 8.78 Å². The van der Waals surface area contributed by atoms with Crippen molar-refractivity contribution in [2.45, 2.75) is 0 Å². The van der Waals surface area contributed by atoms with Crippen LogP contribution in [-0.4, -0.2) is 5.84 Å². The molecule has 0 bridgehead atoms. The number of benzene rings is 2. The van der Waals surface area contributed by atoms with Crippen LogP contribution < -0.4 is 10.5 Å². The van der Waals surface area contributed by atoms with E-state index >= 15 is 0 Å². The van der Waals surface area contributed by atoms with Gasteiger partial charge in [0.2, 0.25) is 0 Å². The van der Waals surface area contributed by atoms with E-state index in [0.29, 0.717) is 0 Å². The molecular weight excluding hydrogens is 238 g/mol. The minimum Gasteiger partial charge on any atom is -0.454 e. The number of nitrogens with one attached hydrogen (secondary N) is 1. The van der Waals surface area contributed by atoms with Gasteiger partial charge in [-0.05, 0) is 30.3 Å². The summed E-state index contributed by atoms with van der Waals surface area (Å²) in [7, 11) is 0. The summed E-state index contributed by atoms with van der Waals surface area (Å²) >= 11 is 0. The number of nitrogens with two attached hydrogens (primary N) is 1. The first-order chi connectivity index (χ1) is 8.56. The molecule has 92 valence electrons. The number of hydrogen-bond donors (Lipinski definition) is 2. The van der Waals surface area contributed by atoms with Crippen LogP contribution in [0.1, 0.15) is 5.56 Å². The molecule has 0 aliphatic heterocycles. The highest BCUT2D eigenvalue weighted by molar-refractivity contribution is 5.95. The smallest absolute Gasteiger partial charge is 0.166 e. The van der Waals surface area contributed by atoms with Gasteiger partial charge in [-0.1, -0.05) is 6.07 Å². The molecule has 2 aromatic rings. The highest BCUT2D eigenvalue weighted by Gasteiger charge is 2.07. The van der Waals surface area contributed by atoms with Crippen molar-refractivity contribution >= 4 is 5.84 Å². The number of rotatable bonds is 3. The zero-order chi connectivity index (χ0) is 13.1. The maximum Gasteiger partial charge on any atom is 0.166 e. The van der Waals surface area contributed by atoms with E-state index < -0.39 is 11.6 Å². The van der Waals surface area contributed by atoms with Crippen LogP contribution in [-0.2, 0) is 0 Å². The molecule has 0 heterocycles. The van der Waals surface area contributed by atoms with E-state index in [1.54, 1.807) is 0 Å². The van der Waals surface area contributed by atoms with E-state index in [0.717, 1.165) is 12.1 Å². The summed E-state index contributed by atoms with van der Waals surface area (Å²) < 4.78 is 31.7. The first-order valence-corrected chi connectivity index (χ1v) is 5.13. The van der Waals surface area contributed by atoms with Gasteiger partial charge in [-0.2, -0.15) is 0 Å². The van der Waals surface area contributed by atoms with E-state index in [2.05, 4.69) is 0 Å². The molecule has 0 aliphatic carbocycles. The van der Waals surface area contributed by atoms with Crippen molar-refractivity contribution in [1.82, 2.24) is 0 Å². The van der Waals surface area contributed by atoms with E-state index in [4.69, 9.17) is 15.9 Å². The summed E-state index contributed by atoms with van der Waals surface area (Å²) in [6.07, 6.45) is 0. The normalized spacial score (nSPS) is 10.1. The molecule has 3 N–H and O–H groups in total. The van der Waals surface area contributed by atoms with Gasteiger partial charge in [0.1, 0.15) is 17.4 Å². The van der Waals surface area contributed by atoms with Crippen LogP contribution in [0, 0.1) is 17.0 Å². The molecule has 2 rings (SSSR count). The Morgan fingerprint density at radius 2 is 1.89 bits per heavy atom. The average molecular weight is 248 g/mol. The summed E-state index contributed by atoms with van der Waals surface area (Å²) in [5.41, 5.74) is 5.49. The number of amidine groups is 1. The summed E-state index contributed by atoms with van der Waals surface area (Å²) in [6, 6.07) is 9.29. The largest absolute Gasteiger partial charge is 0.454 e. The highest BCUT2D eigenvalue weighted by Crippen LogP contribution is 2.25. The molecular formula is C13H10F2N2O. The number of nitrogen functional groups attached to an aromatic ring is 1. The molecule has 0 amide bonds. The lowest BCUT2D eigenvalue weighted by molar-refractivity contribution is 0.438. The number of ether oxygens (including phenoxy) is 1. The first kappa shape index (κ1) is 12.0. The highest BCUT2D eigenvalue weighted by atomic mass is 19.1. The maximum atomic E-state index is 13.6. The molecule has 0 unspecified atom stereocenters. The van der Waals surface area contributed by atoms with Gasteiger partial charge in [-0.3, -0.25) is 5.41 Å². The van der Waals surface area contributed by atoms with Crippen molar-refractivity contribution < 1.29 is 13.5 Å². The Bertz CT molecular complexity index is 599. The molecule has 5 heteroatoms. The Morgan fingerprint density at radius 1 is 1.11 bits per heavy atom. The summed E-state index contributed by atoms with van der Waals surface area (Å²) in [5, 5.41) is 7.17.